The fourth-order valence-corrected chi connectivity index (χ4v) is 4.61. The van der Waals surface area contributed by atoms with Gasteiger partial charge in [0.1, 0.15) is 0 Å². The second-order valence-corrected chi connectivity index (χ2v) is 8.72. The molecule has 1 saturated heterocycles. The quantitative estimate of drug-likeness (QED) is 0.842. The number of morpholine rings is 1. The molecule has 27 heavy (non-hydrogen) atoms. The maximum atomic E-state index is 12.8. The van der Waals surface area contributed by atoms with Crippen LogP contribution in [0.2, 0.25) is 5.02 Å². The maximum Gasteiger partial charge on any atom is 0.257 e. The molecule has 0 aliphatic carbocycles. The molecule has 0 saturated carbocycles. The number of ether oxygens (including phenoxy) is 1. The van der Waals surface area contributed by atoms with Gasteiger partial charge in [-0.3, -0.25) is 4.79 Å². The number of hydrogen-bond donors (Lipinski definition) is 1. The number of rotatable bonds is 4. The monoisotopic (exact) mass is 408 g/mol. The van der Waals surface area contributed by atoms with Gasteiger partial charge in [-0.1, -0.05) is 29.8 Å². The molecule has 6 nitrogen and oxygen atoms in total. The van der Waals surface area contributed by atoms with Crippen molar-refractivity contribution in [1.82, 2.24) is 4.31 Å². The van der Waals surface area contributed by atoms with Gasteiger partial charge in [0.15, 0.2) is 0 Å². The van der Waals surface area contributed by atoms with Gasteiger partial charge in [0.05, 0.1) is 28.7 Å². The Kier molecular flexibility index (Phi) is 5.86. The van der Waals surface area contributed by atoms with Gasteiger partial charge in [0.2, 0.25) is 10.0 Å². The lowest BCUT2D eigenvalue weighted by molar-refractivity contribution is 0.0730. The number of para-hydroxylation sites is 1. The Bertz CT molecular complexity index is 949. The van der Waals surface area contributed by atoms with Gasteiger partial charge in [-0.2, -0.15) is 4.31 Å². The van der Waals surface area contributed by atoms with Gasteiger partial charge < -0.3 is 10.1 Å². The smallest absolute Gasteiger partial charge is 0.257 e. The van der Waals surface area contributed by atoms with Crippen LogP contribution in [0.4, 0.5) is 5.69 Å². The van der Waals surface area contributed by atoms with E-state index in [0.717, 1.165) is 11.1 Å². The highest BCUT2D eigenvalue weighted by atomic mass is 35.5. The third-order valence-electron chi connectivity index (χ3n) is 4.51. The summed E-state index contributed by atoms with van der Waals surface area (Å²) >= 11 is 6.18. The van der Waals surface area contributed by atoms with Crippen LogP contribution in [0, 0.1) is 13.8 Å². The molecule has 0 unspecified atom stereocenters. The second-order valence-electron chi connectivity index (χ2n) is 6.38. The summed E-state index contributed by atoms with van der Waals surface area (Å²) in [6.07, 6.45) is 0. The molecule has 0 bridgehead atoms. The number of nitrogens with one attached hydrogen (secondary N) is 1. The molecular formula is C19H21ClN2O4S. The first kappa shape index (κ1) is 19.8. The Morgan fingerprint density at radius 1 is 1.11 bits per heavy atom. The number of benzene rings is 2. The number of hydrogen-bond acceptors (Lipinski definition) is 4. The fraction of sp³-hybridized carbons (Fsp3) is 0.316. The lowest BCUT2D eigenvalue weighted by Gasteiger charge is -2.26. The number of amides is 1. The van der Waals surface area contributed by atoms with Crippen LogP contribution in [0.15, 0.2) is 41.3 Å². The first-order valence-corrected chi connectivity index (χ1v) is 10.4. The number of nitrogens with zero attached hydrogens (tertiary/aromatic N) is 1. The van der Waals surface area contributed by atoms with Crippen LogP contribution in [0.5, 0.6) is 0 Å². The minimum absolute atomic E-state index is 0.0421. The van der Waals surface area contributed by atoms with Crippen molar-refractivity contribution >= 4 is 33.2 Å². The molecule has 2 aromatic carbocycles. The molecule has 0 atom stereocenters. The van der Waals surface area contributed by atoms with Crippen molar-refractivity contribution in [2.45, 2.75) is 18.7 Å². The average Bonchev–Trinajstić information content (AvgIpc) is 2.65. The van der Waals surface area contributed by atoms with Crippen LogP contribution in [-0.4, -0.2) is 44.9 Å². The predicted octanol–water partition coefficient (Wildman–Crippen LogP) is 3.23. The maximum absolute atomic E-state index is 12.8. The van der Waals surface area contributed by atoms with Gasteiger partial charge in [0.25, 0.3) is 5.91 Å². The molecular weight excluding hydrogens is 388 g/mol. The summed E-state index contributed by atoms with van der Waals surface area (Å²) in [6.45, 7) is 5.07. The highest BCUT2D eigenvalue weighted by Crippen LogP contribution is 2.26. The third-order valence-corrected chi connectivity index (χ3v) is 6.73. The predicted molar refractivity (Wildman–Crippen MR) is 105 cm³/mol. The highest BCUT2D eigenvalue weighted by Gasteiger charge is 2.27. The van der Waals surface area contributed by atoms with Crippen molar-refractivity contribution in [3.05, 3.63) is 58.1 Å². The summed E-state index contributed by atoms with van der Waals surface area (Å²) in [7, 11) is -3.71. The van der Waals surface area contributed by atoms with E-state index >= 15 is 0 Å². The van der Waals surface area contributed by atoms with Crippen molar-refractivity contribution < 1.29 is 17.9 Å². The zero-order valence-electron chi connectivity index (χ0n) is 15.2. The molecule has 2 aromatic rings. The lowest BCUT2D eigenvalue weighted by atomic mass is 10.1. The molecule has 3 rings (SSSR count). The fourth-order valence-electron chi connectivity index (χ4n) is 2.97. The van der Waals surface area contributed by atoms with E-state index in [2.05, 4.69) is 5.32 Å². The number of halogens is 1. The Morgan fingerprint density at radius 2 is 1.74 bits per heavy atom. The van der Waals surface area contributed by atoms with Gasteiger partial charge in [-0.25, -0.2) is 8.42 Å². The van der Waals surface area contributed by atoms with Crippen LogP contribution in [-0.2, 0) is 14.8 Å². The van der Waals surface area contributed by atoms with E-state index in [4.69, 9.17) is 16.3 Å². The largest absolute Gasteiger partial charge is 0.379 e. The van der Waals surface area contributed by atoms with E-state index in [0.29, 0.717) is 18.9 Å². The molecule has 0 spiro atoms. The summed E-state index contributed by atoms with van der Waals surface area (Å²) in [5.41, 5.74) is 2.64. The standard InChI is InChI=1S/C19H21ClN2O4S/c1-13-4-3-5-14(2)18(13)21-19(23)16-12-15(6-7-17(16)20)27(24,25)22-8-10-26-11-9-22/h3-7,12H,8-11H2,1-2H3,(H,21,23). The minimum atomic E-state index is -3.71. The molecule has 0 aromatic heterocycles. The van der Waals surface area contributed by atoms with Crippen LogP contribution >= 0.6 is 11.6 Å². The van der Waals surface area contributed by atoms with Crippen molar-refractivity contribution in [3.8, 4) is 0 Å². The van der Waals surface area contributed by atoms with E-state index in [1.54, 1.807) is 0 Å². The first-order valence-electron chi connectivity index (χ1n) is 8.55. The summed E-state index contributed by atoms with van der Waals surface area (Å²) in [6, 6.07) is 9.88. The topological polar surface area (TPSA) is 75.7 Å². The minimum Gasteiger partial charge on any atom is -0.379 e. The lowest BCUT2D eigenvalue weighted by Crippen LogP contribution is -2.40. The number of sulfonamides is 1. The molecule has 1 N–H and O–H groups in total. The summed E-state index contributed by atoms with van der Waals surface area (Å²) in [5.74, 6) is -0.448. The van der Waals surface area contributed by atoms with E-state index < -0.39 is 15.9 Å². The number of aryl methyl sites for hydroxylation is 2. The average molecular weight is 409 g/mol. The molecule has 0 radical (unpaired) electrons. The van der Waals surface area contributed by atoms with Crippen molar-refractivity contribution in [1.29, 1.82) is 0 Å². The molecule has 8 heteroatoms. The van der Waals surface area contributed by atoms with Gasteiger partial charge in [-0.15, -0.1) is 0 Å². The molecule has 1 fully saturated rings. The number of anilines is 1. The molecule has 144 valence electrons. The molecule has 1 aliphatic heterocycles. The van der Waals surface area contributed by atoms with E-state index in [9.17, 15) is 13.2 Å². The first-order chi connectivity index (χ1) is 12.8. The van der Waals surface area contributed by atoms with E-state index in [1.165, 1.54) is 22.5 Å². The Hall–Kier alpha value is -1.93. The van der Waals surface area contributed by atoms with Crippen molar-refractivity contribution in [3.63, 3.8) is 0 Å². The molecule has 1 heterocycles. The third kappa shape index (κ3) is 4.16. The Morgan fingerprint density at radius 3 is 2.37 bits per heavy atom. The van der Waals surface area contributed by atoms with Crippen LogP contribution in [0.1, 0.15) is 21.5 Å². The second kappa shape index (κ2) is 7.98. The zero-order chi connectivity index (χ0) is 19.6. The van der Waals surface area contributed by atoms with Crippen LogP contribution in [0.25, 0.3) is 0 Å². The summed E-state index contributed by atoms with van der Waals surface area (Å²) in [5, 5.41) is 3.04. The van der Waals surface area contributed by atoms with Crippen molar-refractivity contribution in [2.24, 2.45) is 0 Å². The van der Waals surface area contributed by atoms with E-state index in [-0.39, 0.29) is 28.6 Å². The van der Waals surface area contributed by atoms with Crippen molar-refractivity contribution in [2.75, 3.05) is 31.6 Å². The number of carbonyl (C=O) groups is 1. The zero-order valence-corrected chi connectivity index (χ0v) is 16.7. The summed E-state index contributed by atoms with van der Waals surface area (Å²) < 4.78 is 32.2. The summed E-state index contributed by atoms with van der Waals surface area (Å²) in [4.78, 5) is 12.8. The van der Waals surface area contributed by atoms with E-state index in [1.807, 2.05) is 32.0 Å². The van der Waals surface area contributed by atoms with Crippen LogP contribution < -0.4 is 5.32 Å². The van der Waals surface area contributed by atoms with Gasteiger partial charge >= 0.3 is 0 Å². The van der Waals surface area contributed by atoms with Gasteiger partial charge in [0, 0.05) is 18.8 Å². The Balaban J connectivity index is 1.92. The normalized spacial score (nSPS) is 15.5. The van der Waals surface area contributed by atoms with Crippen LogP contribution in [0.3, 0.4) is 0 Å². The highest BCUT2D eigenvalue weighted by molar-refractivity contribution is 7.89. The number of carbonyl (C=O) groups excluding carboxylic acids is 1. The molecule has 1 amide bonds. The van der Waals surface area contributed by atoms with Gasteiger partial charge in [-0.05, 0) is 43.2 Å². The Labute approximate surface area is 164 Å². The SMILES string of the molecule is Cc1cccc(C)c1NC(=O)c1cc(S(=O)(=O)N2CCOCC2)ccc1Cl. The molecule has 1 aliphatic rings.